The van der Waals surface area contributed by atoms with E-state index in [1.54, 1.807) is 7.05 Å². The summed E-state index contributed by atoms with van der Waals surface area (Å²) in [6, 6.07) is -0.524. The molecule has 1 aromatic rings. The highest BCUT2D eigenvalue weighted by molar-refractivity contribution is 5.92. The lowest BCUT2D eigenvalue weighted by molar-refractivity contribution is -0.117. The van der Waals surface area contributed by atoms with Gasteiger partial charge in [-0.15, -0.1) is 5.10 Å². The molecule has 3 N–H and O–H groups in total. The number of hydrogen-bond donors (Lipinski definition) is 2. The van der Waals surface area contributed by atoms with Crippen LogP contribution in [0.2, 0.25) is 0 Å². The highest BCUT2D eigenvalue weighted by Gasteiger charge is 2.12. The van der Waals surface area contributed by atoms with E-state index >= 15 is 0 Å². The molecule has 1 amide bonds. The van der Waals surface area contributed by atoms with Crippen molar-refractivity contribution in [3.05, 3.63) is 0 Å². The van der Waals surface area contributed by atoms with Crippen LogP contribution in [0, 0.1) is 0 Å². The van der Waals surface area contributed by atoms with Crippen LogP contribution in [0.1, 0.15) is 13.3 Å². The quantitative estimate of drug-likeness (QED) is 0.620. The minimum Gasteiger partial charge on any atom is -0.320 e. The summed E-state index contributed by atoms with van der Waals surface area (Å²) in [4.78, 5) is 12.5. The van der Waals surface area contributed by atoms with Gasteiger partial charge in [-0.3, -0.25) is 10.1 Å². The van der Waals surface area contributed by atoms with Gasteiger partial charge >= 0.3 is 0 Å². The molecular formula is C6H12N6O. The predicted molar refractivity (Wildman–Crippen MR) is 45.7 cm³/mol. The van der Waals surface area contributed by atoms with E-state index in [0.717, 1.165) is 0 Å². The summed E-state index contributed by atoms with van der Waals surface area (Å²) < 4.78 is 0. The Kier molecular flexibility index (Phi) is 2.91. The average Bonchev–Trinajstić information content (AvgIpc) is 2.49. The fourth-order valence-electron chi connectivity index (χ4n) is 0.722. The fraction of sp³-hybridized carbons (Fsp3) is 0.667. The minimum atomic E-state index is -0.524. The maximum absolute atomic E-state index is 11.2. The summed E-state index contributed by atoms with van der Waals surface area (Å²) in [7, 11) is 1.61. The third-order valence-electron chi connectivity index (χ3n) is 1.52. The Morgan fingerprint density at radius 3 is 2.92 bits per heavy atom. The van der Waals surface area contributed by atoms with Gasteiger partial charge in [0.25, 0.3) is 5.95 Å². The lowest BCUT2D eigenvalue weighted by atomic mass is 10.2. The van der Waals surface area contributed by atoms with Crippen LogP contribution in [-0.4, -0.2) is 32.2 Å². The van der Waals surface area contributed by atoms with Crippen molar-refractivity contribution < 1.29 is 4.79 Å². The van der Waals surface area contributed by atoms with Crippen molar-refractivity contribution in [1.29, 1.82) is 0 Å². The molecule has 1 aromatic heterocycles. The summed E-state index contributed by atoms with van der Waals surface area (Å²) >= 11 is 0. The van der Waals surface area contributed by atoms with Gasteiger partial charge in [0.1, 0.15) is 0 Å². The van der Waals surface area contributed by atoms with Crippen LogP contribution in [0.3, 0.4) is 0 Å². The normalized spacial score (nSPS) is 12.5. The molecule has 1 rings (SSSR count). The Morgan fingerprint density at radius 2 is 2.46 bits per heavy atom. The molecule has 0 saturated carbocycles. The van der Waals surface area contributed by atoms with Crippen LogP contribution in [0.4, 0.5) is 5.95 Å². The lowest BCUT2D eigenvalue weighted by Gasteiger charge is -2.05. The van der Waals surface area contributed by atoms with Gasteiger partial charge in [0.05, 0.1) is 13.1 Å². The number of nitrogens with two attached hydrogens (primary N) is 1. The molecule has 0 spiro atoms. The number of hydrogen-bond acceptors (Lipinski definition) is 5. The van der Waals surface area contributed by atoms with Crippen molar-refractivity contribution in [2.24, 2.45) is 12.8 Å². The largest absolute Gasteiger partial charge is 0.320 e. The van der Waals surface area contributed by atoms with E-state index in [-0.39, 0.29) is 11.9 Å². The molecule has 72 valence electrons. The van der Waals surface area contributed by atoms with Crippen molar-refractivity contribution in [3.8, 4) is 0 Å². The van der Waals surface area contributed by atoms with Gasteiger partial charge in [-0.05, 0) is 11.6 Å². The van der Waals surface area contributed by atoms with Crippen LogP contribution in [0.25, 0.3) is 0 Å². The molecule has 0 aromatic carbocycles. The Labute approximate surface area is 75.3 Å². The number of anilines is 1. The van der Waals surface area contributed by atoms with Gasteiger partial charge in [-0.2, -0.15) is 4.80 Å². The second kappa shape index (κ2) is 3.94. The first-order valence-corrected chi connectivity index (χ1v) is 3.94. The van der Waals surface area contributed by atoms with E-state index in [0.29, 0.717) is 6.42 Å². The number of tetrazole rings is 1. The number of carbonyl (C=O) groups excluding carboxylic acids is 1. The van der Waals surface area contributed by atoms with Crippen molar-refractivity contribution in [1.82, 2.24) is 20.2 Å². The topological polar surface area (TPSA) is 98.7 Å². The molecule has 7 nitrogen and oxygen atoms in total. The van der Waals surface area contributed by atoms with E-state index in [9.17, 15) is 4.79 Å². The molecule has 0 fully saturated rings. The second-order valence-electron chi connectivity index (χ2n) is 2.61. The Morgan fingerprint density at radius 1 is 1.77 bits per heavy atom. The first-order valence-electron chi connectivity index (χ1n) is 3.94. The summed E-state index contributed by atoms with van der Waals surface area (Å²) in [6.07, 6.45) is 0.575. The zero-order valence-electron chi connectivity index (χ0n) is 7.56. The van der Waals surface area contributed by atoms with Crippen LogP contribution in [0.15, 0.2) is 0 Å². The monoisotopic (exact) mass is 184 g/mol. The number of carbonyl (C=O) groups is 1. The smallest absolute Gasteiger partial charge is 0.270 e. The Balaban J connectivity index is 2.54. The zero-order chi connectivity index (χ0) is 9.84. The Hall–Kier alpha value is -1.50. The first-order chi connectivity index (χ1) is 6.13. The molecule has 13 heavy (non-hydrogen) atoms. The molecule has 0 saturated heterocycles. The van der Waals surface area contributed by atoms with Crippen LogP contribution >= 0.6 is 0 Å². The van der Waals surface area contributed by atoms with Gasteiger partial charge in [0.2, 0.25) is 5.91 Å². The Bertz CT molecular complexity index is 295. The van der Waals surface area contributed by atoms with E-state index < -0.39 is 6.04 Å². The molecule has 1 heterocycles. The molecule has 0 aliphatic rings. The number of aryl methyl sites for hydroxylation is 1. The van der Waals surface area contributed by atoms with Crippen LogP contribution in [0.5, 0.6) is 0 Å². The highest BCUT2D eigenvalue weighted by Crippen LogP contribution is 1.95. The molecule has 0 bridgehead atoms. The average molecular weight is 184 g/mol. The molecule has 0 aliphatic heterocycles. The molecule has 1 atom stereocenters. The highest BCUT2D eigenvalue weighted by atomic mass is 16.2. The van der Waals surface area contributed by atoms with Crippen LogP contribution in [-0.2, 0) is 11.8 Å². The second-order valence-corrected chi connectivity index (χ2v) is 2.61. The molecule has 0 radical (unpaired) electrons. The van der Waals surface area contributed by atoms with E-state index in [1.807, 2.05) is 6.92 Å². The van der Waals surface area contributed by atoms with E-state index in [1.165, 1.54) is 4.80 Å². The number of nitrogens with zero attached hydrogens (tertiary/aromatic N) is 4. The number of aromatic nitrogens is 4. The number of nitrogens with one attached hydrogen (secondary N) is 1. The summed E-state index contributed by atoms with van der Waals surface area (Å²) in [5.74, 6) is -0.119. The van der Waals surface area contributed by atoms with Gasteiger partial charge in [0, 0.05) is 0 Å². The maximum atomic E-state index is 11.2. The molecular weight excluding hydrogens is 172 g/mol. The van der Waals surface area contributed by atoms with Crippen molar-refractivity contribution in [3.63, 3.8) is 0 Å². The van der Waals surface area contributed by atoms with Crippen molar-refractivity contribution in [2.45, 2.75) is 19.4 Å². The first kappa shape index (κ1) is 9.59. The standard InChI is InChI=1S/C6H12N6O/c1-3-4(7)5(13)8-6-9-11-12(2)10-6/h4H,3,7H2,1-2H3,(H,8,10,13)/t4-/m0/s1. The van der Waals surface area contributed by atoms with E-state index in [4.69, 9.17) is 5.73 Å². The zero-order valence-corrected chi connectivity index (χ0v) is 7.56. The van der Waals surface area contributed by atoms with Crippen LogP contribution < -0.4 is 11.1 Å². The van der Waals surface area contributed by atoms with Gasteiger partial charge in [-0.25, -0.2) is 0 Å². The number of rotatable bonds is 3. The van der Waals surface area contributed by atoms with Crippen molar-refractivity contribution in [2.75, 3.05) is 5.32 Å². The summed E-state index contributed by atoms with van der Waals surface area (Å²) in [5, 5.41) is 13.4. The minimum absolute atomic E-state index is 0.177. The van der Waals surface area contributed by atoms with Gasteiger partial charge in [0.15, 0.2) is 0 Å². The summed E-state index contributed by atoms with van der Waals surface area (Å²) in [6.45, 7) is 1.83. The summed E-state index contributed by atoms with van der Waals surface area (Å²) in [5.41, 5.74) is 5.48. The predicted octanol–water partition coefficient (Wildman–Crippen LogP) is -1.11. The number of amides is 1. The van der Waals surface area contributed by atoms with Gasteiger partial charge in [-0.1, -0.05) is 12.0 Å². The maximum Gasteiger partial charge on any atom is 0.270 e. The third-order valence-corrected chi connectivity index (χ3v) is 1.52. The van der Waals surface area contributed by atoms with E-state index in [2.05, 4.69) is 20.7 Å². The lowest BCUT2D eigenvalue weighted by Crippen LogP contribution is -2.35. The van der Waals surface area contributed by atoms with Crippen molar-refractivity contribution >= 4 is 11.9 Å². The fourth-order valence-corrected chi connectivity index (χ4v) is 0.722. The van der Waals surface area contributed by atoms with Gasteiger partial charge < -0.3 is 5.73 Å². The third kappa shape index (κ3) is 2.48. The molecule has 0 aliphatic carbocycles. The SMILES string of the molecule is CC[C@H](N)C(=O)Nc1nnn(C)n1. The molecule has 0 unspecified atom stereocenters. The molecule has 7 heteroatoms.